The second-order valence-electron chi connectivity index (χ2n) is 10.3. The first-order chi connectivity index (χ1) is 22.1. The summed E-state index contributed by atoms with van der Waals surface area (Å²) in [6.07, 6.45) is 0.845. The van der Waals surface area contributed by atoms with Crippen molar-refractivity contribution in [2.24, 2.45) is 0 Å². The van der Waals surface area contributed by atoms with Gasteiger partial charge in [-0.2, -0.15) is 0 Å². The molecule has 0 unspecified atom stereocenters. The van der Waals surface area contributed by atoms with E-state index < -0.39 is 0 Å². The van der Waals surface area contributed by atoms with E-state index in [9.17, 15) is 0 Å². The van der Waals surface area contributed by atoms with Gasteiger partial charge in [0.1, 0.15) is 0 Å². The first-order valence-electron chi connectivity index (χ1n) is 14.2. The third kappa shape index (κ3) is 6.14. The van der Waals surface area contributed by atoms with Crippen LogP contribution in [0.5, 0.6) is 0 Å². The van der Waals surface area contributed by atoms with Crippen LogP contribution in [0.15, 0.2) is 97.1 Å². The van der Waals surface area contributed by atoms with Crippen molar-refractivity contribution in [3.05, 3.63) is 118 Å². The molecule has 0 atom stereocenters. The van der Waals surface area contributed by atoms with E-state index in [-0.39, 0.29) is 0 Å². The molecule has 0 saturated carbocycles. The fourth-order valence-electron chi connectivity index (χ4n) is 4.99. The molecule has 0 aromatic carbocycles. The topological polar surface area (TPSA) is 4.36 Å². The van der Waals surface area contributed by atoms with Gasteiger partial charge < -0.3 is 4.85 Å². The van der Waals surface area contributed by atoms with Crippen LogP contribution < -0.4 is 0 Å². The normalized spacial score (nSPS) is 11.4. The number of rotatable bonds is 9. The maximum absolute atomic E-state index is 7.05. The fourth-order valence-corrected chi connectivity index (χ4v) is 13.5. The van der Waals surface area contributed by atoms with Crippen LogP contribution in [0.3, 0.4) is 0 Å². The van der Waals surface area contributed by atoms with Crippen LogP contribution in [-0.4, -0.2) is 6.54 Å². The van der Waals surface area contributed by atoms with E-state index in [0.29, 0.717) is 6.54 Å². The molecule has 8 aromatic rings. The quantitative estimate of drug-likeness (QED) is 0.131. The van der Waals surface area contributed by atoms with Crippen molar-refractivity contribution in [1.82, 2.24) is 0 Å². The molecule has 0 N–H and O–H groups in total. The van der Waals surface area contributed by atoms with E-state index in [4.69, 9.17) is 6.57 Å². The Labute approximate surface area is 294 Å². The summed E-state index contributed by atoms with van der Waals surface area (Å²) in [6, 6.07) is 36.0. The van der Waals surface area contributed by atoms with Crippen molar-refractivity contribution >= 4 is 90.7 Å². The third-order valence-electron chi connectivity index (χ3n) is 7.21. The smallest absolute Gasteiger partial charge is 0.219 e. The molecular weight excluding hydrogens is 703 g/mol. The van der Waals surface area contributed by atoms with Crippen molar-refractivity contribution in [2.45, 2.75) is 13.3 Å². The van der Waals surface area contributed by atoms with Crippen molar-refractivity contribution in [2.75, 3.05) is 6.54 Å². The number of nitrogens with zero attached hydrogens (tertiary/aromatic N) is 1. The van der Waals surface area contributed by atoms with E-state index >= 15 is 0 Å². The summed E-state index contributed by atoms with van der Waals surface area (Å²) in [4.78, 5) is 24.7. The average Bonchev–Trinajstić information content (AvgIpc) is 3.89. The lowest BCUT2D eigenvalue weighted by molar-refractivity contribution is 1.11. The molecule has 0 aliphatic carbocycles. The minimum absolute atomic E-state index is 0.564. The average molecular weight is 726 g/mol. The highest BCUT2D eigenvalue weighted by Gasteiger charge is 2.15. The van der Waals surface area contributed by atoms with Crippen LogP contribution in [0.1, 0.15) is 9.75 Å². The Balaban J connectivity index is 0.964. The van der Waals surface area contributed by atoms with E-state index in [1.807, 2.05) is 90.7 Å². The lowest BCUT2D eigenvalue weighted by atomic mass is 10.3. The molecule has 0 amide bonds. The molecule has 0 radical (unpaired) electrons. The molecule has 0 bridgehead atoms. The van der Waals surface area contributed by atoms with Gasteiger partial charge in [-0.3, -0.25) is 0 Å². The molecule has 8 heterocycles. The highest BCUT2D eigenvalue weighted by atomic mass is 32.1. The van der Waals surface area contributed by atoms with E-state index in [0.717, 1.165) is 6.42 Å². The molecule has 0 aliphatic rings. The zero-order valence-corrected chi connectivity index (χ0v) is 30.4. The summed E-state index contributed by atoms with van der Waals surface area (Å²) in [5, 5.41) is 0. The van der Waals surface area contributed by atoms with Gasteiger partial charge in [-0.15, -0.1) is 90.7 Å². The van der Waals surface area contributed by atoms with Crippen molar-refractivity contribution in [3.8, 4) is 68.3 Å². The third-order valence-corrected chi connectivity index (χ3v) is 17.2. The van der Waals surface area contributed by atoms with Crippen molar-refractivity contribution < 1.29 is 0 Å². The van der Waals surface area contributed by atoms with E-state index in [1.165, 1.54) is 78.0 Å². The zero-order valence-electron chi connectivity index (χ0n) is 23.9. The molecular formula is C36H23NS8. The van der Waals surface area contributed by atoms with Crippen LogP contribution in [-0.2, 0) is 6.42 Å². The Morgan fingerprint density at radius 1 is 0.378 bits per heavy atom. The highest BCUT2D eigenvalue weighted by Crippen LogP contribution is 2.47. The second-order valence-corrected chi connectivity index (χ2v) is 19.3. The molecule has 0 spiro atoms. The summed E-state index contributed by atoms with van der Waals surface area (Å²) >= 11 is 15.0. The monoisotopic (exact) mass is 725 g/mol. The van der Waals surface area contributed by atoms with Crippen LogP contribution in [0.2, 0.25) is 0 Å². The highest BCUT2D eigenvalue weighted by molar-refractivity contribution is 7.31. The molecule has 8 rings (SSSR count). The summed E-state index contributed by atoms with van der Waals surface area (Å²) in [5.41, 5.74) is 0. The molecule has 0 fully saturated rings. The standard InChI is InChI=1S/C36H23NS8/c1-21-3-5-23(38-21)25-7-9-27(40-25)29-11-13-31(42-29)33-15-17-35(44-33)36-18-16-34(45-36)32-14-12-30(43-32)28-10-8-26(41-28)24-6-4-22(39-24)19-20-37-2/h3-18H,19-20H2,1H3. The first kappa shape index (κ1) is 29.5. The molecule has 0 aliphatic heterocycles. The van der Waals surface area contributed by atoms with Crippen LogP contribution >= 0.6 is 90.7 Å². The summed E-state index contributed by atoms with van der Waals surface area (Å²) in [6.45, 7) is 9.78. The van der Waals surface area contributed by atoms with Crippen molar-refractivity contribution in [1.29, 1.82) is 0 Å². The Hall–Kier alpha value is -2.91. The summed E-state index contributed by atoms with van der Waals surface area (Å²) < 4.78 is 0. The van der Waals surface area contributed by atoms with Crippen LogP contribution in [0.4, 0.5) is 0 Å². The Morgan fingerprint density at radius 3 is 0.933 bits per heavy atom. The van der Waals surface area contributed by atoms with Gasteiger partial charge in [0.15, 0.2) is 0 Å². The van der Waals surface area contributed by atoms with E-state index in [2.05, 4.69) is 109 Å². The van der Waals surface area contributed by atoms with Crippen LogP contribution in [0, 0.1) is 13.5 Å². The number of aryl methyl sites for hydroxylation is 1. The molecule has 45 heavy (non-hydrogen) atoms. The summed E-state index contributed by atoms with van der Waals surface area (Å²) in [5.74, 6) is 0. The van der Waals surface area contributed by atoms with Gasteiger partial charge in [0.25, 0.3) is 0 Å². The zero-order chi connectivity index (χ0) is 30.3. The minimum atomic E-state index is 0.564. The minimum Gasteiger partial charge on any atom is -0.317 e. The van der Waals surface area contributed by atoms with Crippen molar-refractivity contribution in [3.63, 3.8) is 0 Å². The van der Waals surface area contributed by atoms with E-state index in [1.54, 1.807) is 0 Å². The SMILES string of the molecule is [C-]#[N+]CCc1ccc(-c2ccc(-c3ccc(-c4ccc(-c5ccc(-c6ccc(-c7ccc(-c8ccc(C)s8)s7)s6)s5)s4)s3)s2)s1. The Kier molecular flexibility index (Phi) is 8.33. The Bertz CT molecular complexity index is 2280. The van der Waals surface area contributed by atoms with Gasteiger partial charge in [-0.25, -0.2) is 6.57 Å². The Morgan fingerprint density at radius 2 is 0.644 bits per heavy atom. The van der Waals surface area contributed by atoms with Gasteiger partial charge in [0, 0.05) is 78.0 Å². The number of hydrogen-bond acceptors (Lipinski definition) is 8. The summed E-state index contributed by atoms with van der Waals surface area (Å²) in [7, 11) is 0. The predicted molar refractivity (Wildman–Crippen MR) is 207 cm³/mol. The largest absolute Gasteiger partial charge is 0.317 e. The first-order valence-corrected chi connectivity index (χ1v) is 20.7. The molecule has 0 saturated heterocycles. The van der Waals surface area contributed by atoms with Gasteiger partial charge in [0.05, 0.1) is 6.42 Å². The molecule has 1 nitrogen and oxygen atoms in total. The molecule has 8 aromatic heterocycles. The van der Waals surface area contributed by atoms with Gasteiger partial charge in [0.2, 0.25) is 6.54 Å². The fraction of sp³-hybridized carbons (Fsp3) is 0.0833. The predicted octanol–water partition coefficient (Wildman–Crippen LogP) is 14.6. The van der Waals surface area contributed by atoms with Gasteiger partial charge >= 0.3 is 0 Å². The number of thiophene rings is 8. The van der Waals surface area contributed by atoms with Gasteiger partial charge in [-0.05, 0) is 104 Å². The van der Waals surface area contributed by atoms with Crippen LogP contribution in [0.25, 0.3) is 73.1 Å². The lowest BCUT2D eigenvalue weighted by Gasteiger charge is -1.93. The maximum atomic E-state index is 7.05. The second kappa shape index (κ2) is 12.7. The number of hydrogen-bond donors (Lipinski definition) is 0. The lowest BCUT2D eigenvalue weighted by Crippen LogP contribution is -1.80. The maximum Gasteiger partial charge on any atom is 0.219 e. The molecule has 9 heteroatoms. The van der Waals surface area contributed by atoms with Gasteiger partial charge in [-0.1, -0.05) is 0 Å². The molecule has 220 valence electrons.